The van der Waals surface area contributed by atoms with Gasteiger partial charge in [-0.05, 0) is 12.3 Å². The van der Waals surface area contributed by atoms with Crippen LogP contribution in [0.3, 0.4) is 0 Å². The van der Waals surface area contributed by atoms with Gasteiger partial charge in [-0.15, -0.1) is 0 Å². The van der Waals surface area contributed by atoms with Gasteiger partial charge in [-0.25, -0.2) is 8.42 Å². The molecule has 1 fully saturated rings. The molecule has 0 aromatic carbocycles. The van der Waals surface area contributed by atoms with Gasteiger partial charge in [-0.1, -0.05) is 6.92 Å². The Hall–Kier alpha value is -0.270. The molecular weight excluding hydrogens is 216 g/mol. The molecule has 84 valence electrons. The Morgan fingerprint density at radius 3 is 2.50 bits per heavy atom. The van der Waals surface area contributed by atoms with Crippen LogP contribution < -0.4 is 0 Å². The topological polar surface area (TPSA) is 57.6 Å². The summed E-state index contributed by atoms with van der Waals surface area (Å²) < 4.78 is 46.9. The van der Waals surface area contributed by atoms with Crippen molar-refractivity contribution in [3.63, 3.8) is 0 Å². The van der Waals surface area contributed by atoms with Crippen LogP contribution in [0.25, 0.3) is 0 Å². The molecule has 0 aromatic heterocycles. The summed E-state index contributed by atoms with van der Waals surface area (Å²) in [6.07, 6.45) is -0.440. The Morgan fingerprint density at radius 1 is 1.50 bits per heavy atom. The molecule has 1 saturated heterocycles. The highest BCUT2D eigenvalue weighted by Crippen LogP contribution is 2.22. The van der Waals surface area contributed by atoms with Crippen LogP contribution in [-0.2, 0) is 10.0 Å². The van der Waals surface area contributed by atoms with Crippen molar-refractivity contribution >= 4 is 10.0 Å². The lowest BCUT2D eigenvalue weighted by atomic mass is 9.98. The predicted molar refractivity (Wildman–Crippen MR) is 46.3 cm³/mol. The van der Waals surface area contributed by atoms with Gasteiger partial charge in [0.05, 0.1) is 6.10 Å². The van der Waals surface area contributed by atoms with E-state index >= 15 is 0 Å². The summed E-state index contributed by atoms with van der Waals surface area (Å²) in [5.74, 6) is -3.44. The van der Waals surface area contributed by atoms with Crippen LogP contribution in [-0.4, -0.2) is 42.8 Å². The van der Waals surface area contributed by atoms with E-state index in [4.69, 9.17) is 0 Å². The predicted octanol–water partition coefficient (Wildman–Crippen LogP) is 0.241. The van der Waals surface area contributed by atoms with Crippen LogP contribution in [0.4, 0.5) is 8.78 Å². The zero-order valence-electron chi connectivity index (χ0n) is 7.73. The summed E-state index contributed by atoms with van der Waals surface area (Å²) in [7, 11) is -4.52. The lowest BCUT2D eigenvalue weighted by Gasteiger charge is -2.32. The van der Waals surface area contributed by atoms with Gasteiger partial charge in [0, 0.05) is 13.1 Å². The summed E-state index contributed by atoms with van der Waals surface area (Å²) >= 11 is 0. The summed E-state index contributed by atoms with van der Waals surface area (Å²) in [6, 6.07) is 0. The second kappa shape index (κ2) is 4.08. The number of halogens is 2. The summed E-state index contributed by atoms with van der Waals surface area (Å²) in [4.78, 5) is 0. The minimum Gasteiger partial charge on any atom is -0.391 e. The molecule has 1 aliphatic rings. The first-order chi connectivity index (χ1) is 6.35. The van der Waals surface area contributed by atoms with E-state index in [2.05, 4.69) is 0 Å². The molecule has 1 rings (SSSR count). The molecule has 2 atom stereocenters. The Morgan fingerprint density at radius 2 is 2.07 bits per heavy atom. The number of rotatable bonds is 2. The molecule has 1 aliphatic heterocycles. The van der Waals surface area contributed by atoms with Gasteiger partial charge in [0.2, 0.25) is 0 Å². The fourth-order valence-corrected chi connectivity index (χ4v) is 2.31. The third kappa shape index (κ3) is 2.21. The van der Waals surface area contributed by atoms with E-state index in [1.165, 1.54) is 0 Å². The van der Waals surface area contributed by atoms with E-state index < -0.39 is 21.9 Å². The summed E-state index contributed by atoms with van der Waals surface area (Å²) in [5, 5.41) is 9.34. The van der Waals surface area contributed by atoms with Crippen molar-refractivity contribution in [1.82, 2.24) is 4.31 Å². The third-order valence-corrected chi connectivity index (χ3v) is 3.97. The number of alkyl halides is 2. The Labute approximate surface area is 81.6 Å². The van der Waals surface area contributed by atoms with Crippen molar-refractivity contribution in [2.24, 2.45) is 5.92 Å². The zero-order chi connectivity index (χ0) is 10.9. The maximum absolute atomic E-state index is 12.1. The minimum atomic E-state index is -4.52. The maximum atomic E-state index is 12.1. The van der Waals surface area contributed by atoms with Crippen LogP contribution in [0.15, 0.2) is 0 Å². The number of aliphatic hydroxyl groups excluding tert-OH is 1. The van der Waals surface area contributed by atoms with Crippen molar-refractivity contribution < 1.29 is 22.3 Å². The molecule has 0 amide bonds. The fourth-order valence-electron chi connectivity index (χ4n) is 1.36. The van der Waals surface area contributed by atoms with Crippen molar-refractivity contribution in [2.45, 2.75) is 25.2 Å². The lowest BCUT2D eigenvalue weighted by Crippen LogP contribution is -2.47. The van der Waals surface area contributed by atoms with Gasteiger partial charge in [-0.3, -0.25) is 0 Å². The van der Waals surface area contributed by atoms with Crippen LogP contribution >= 0.6 is 0 Å². The second-order valence-electron chi connectivity index (χ2n) is 3.50. The van der Waals surface area contributed by atoms with E-state index in [0.717, 1.165) is 0 Å². The van der Waals surface area contributed by atoms with E-state index in [1.54, 1.807) is 6.92 Å². The summed E-state index contributed by atoms with van der Waals surface area (Å²) in [6.45, 7) is 1.59. The second-order valence-corrected chi connectivity index (χ2v) is 5.40. The Kier molecular flexibility index (Phi) is 3.44. The standard InChI is InChI=1S/C7H13F2NO3S/c1-5-2-3-10(4-6(5)11)14(12,13)7(8)9/h5-7,11H,2-4H2,1H3/t5-,6-/m1/s1. The minimum absolute atomic E-state index is 0.0425. The number of sulfonamides is 1. The molecule has 0 radical (unpaired) electrons. The van der Waals surface area contributed by atoms with Crippen molar-refractivity contribution in [1.29, 1.82) is 0 Å². The van der Waals surface area contributed by atoms with Crippen LogP contribution in [0.1, 0.15) is 13.3 Å². The SMILES string of the molecule is C[C@@H]1CCN(S(=O)(=O)C(F)F)C[C@H]1O. The average molecular weight is 229 g/mol. The molecule has 0 spiro atoms. The molecule has 7 heteroatoms. The number of hydrogen-bond acceptors (Lipinski definition) is 3. The molecule has 14 heavy (non-hydrogen) atoms. The highest BCUT2D eigenvalue weighted by atomic mass is 32.2. The smallest absolute Gasteiger partial charge is 0.350 e. The Bertz CT molecular complexity index is 293. The third-order valence-electron chi connectivity index (χ3n) is 2.47. The van der Waals surface area contributed by atoms with E-state index in [-0.39, 0.29) is 19.0 Å². The molecule has 0 unspecified atom stereocenters. The van der Waals surface area contributed by atoms with Gasteiger partial charge in [-0.2, -0.15) is 13.1 Å². The van der Waals surface area contributed by atoms with Gasteiger partial charge < -0.3 is 5.11 Å². The number of hydrogen-bond donors (Lipinski definition) is 1. The highest BCUT2D eigenvalue weighted by Gasteiger charge is 2.37. The van der Waals surface area contributed by atoms with Gasteiger partial charge in [0.15, 0.2) is 0 Å². The van der Waals surface area contributed by atoms with E-state index in [0.29, 0.717) is 10.7 Å². The average Bonchev–Trinajstić information content (AvgIpc) is 2.09. The first kappa shape index (κ1) is 11.8. The molecule has 1 N–H and O–H groups in total. The maximum Gasteiger partial charge on any atom is 0.350 e. The number of β-amino-alcohol motifs (C(OH)–C–C–N with tert-alkyl or cyclic N) is 1. The molecule has 1 heterocycles. The van der Waals surface area contributed by atoms with Gasteiger partial charge >= 0.3 is 5.76 Å². The van der Waals surface area contributed by atoms with Crippen LogP contribution in [0.5, 0.6) is 0 Å². The fraction of sp³-hybridized carbons (Fsp3) is 1.00. The number of piperidine rings is 1. The van der Waals surface area contributed by atoms with Crippen molar-refractivity contribution in [3.05, 3.63) is 0 Å². The Balaban J connectivity index is 2.73. The van der Waals surface area contributed by atoms with Gasteiger partial charge in [0.25, 0.3) is 10.0 Å². The monoisotopic (exact) mass is 229 g/mol. The summed E-state index contributed by atoms with van der Waals surface area (Å²) in [5.41, 5.74) is 0. The van der Waals surface area contributed by atoms with E-state index in [9.17, 15) is 22.3 Å². The molecule has 0 bridgehead atoms. The molecule has 0 aliphatic carbocycles. The molecule has 0 aromatic rings. The number of aliphatic hydroxyl groups is 1. The van der Waals surface area contributed by atoms with E-state index in [1.807, 2.05) is 0 Å². The highest BCUT2D eigenvalue weighted by molar-refractivity contribution is 7.89. The molecular formula is C7H13F2NO3S. The lowest BCUT2D eigenvalue weighted by molar-refractivity contribution is 0.0575. The van der Waals surface area contributed by atoms with Crippen LogP contribution in [0, 0.1) is 5.92 Å². The molecule has 0 saturated carbocycles. The van der Waals surface area contributed by atoms with Crippen molar-refractivity contribution in [3.8, 4) is 0 Å². The molecule has 4 nitrogen and oxygen atoms in total. The largest absolute Gasteiger partial charge is 0.391 e. The van der Waals surface area contributed by atoms with Crippen LogP contribution in [0.2, 0.25) is 0 Å². The first-order valence-electron chi connectivity index (χ1n) is 4.31. The van der Waals surface area contributed by atoms with Crippen molar-refractivity contribution in [2.75, 3.05) is 13.1 Å². The zero-order valence-corrected chi connectivity index (χ0v) is 8.54. The van der Waals surface area contributed by atoms with Gasteiger partial charge in [0.1, 0.15) is 0 Å². The normalized spacial score (nSPS) is 30.9. The number of nitrogens with zero attached hydrogens (tertiary/aromatic N) is 1. The first-order valence-corrected chi connectivity index (χ1v) is 5.81. The quantitative estimate of drug-likeness (QED) is 0.738.